The van der Waals surface area contributed by atoms with Crippen LogP contribution in [0.1, 0.15) is 24.0 Å². The molecule has 3 rings (SSSR count). The minimum absolute atomic E-state index is 0.0552. The second-order valence-electron chi connectivity index (χ2n) is 6.37. The monoisotopic (exact) mass is 379 g/mol. The Morgan fingerprint density at radius 3 is 2.42 bits per heavy atom. The summed E-state index contributed by atoms with van der Waals surface area (Å²) in [6.45, 7) is 1.78. The number of benzene rings is 2. The Labute approximate surface area is 153 Å². The van der Waals surface area contributed by atoms with E-state index in [1.807, 2.05) is 0 Å². The number of hydrogen-bond donors (Lipinski definition) is 0. The van der Waals surface area contributed by atoms with Crippen LogP contribution in [-0.2, 0) is 16.6 Å². The van der Waals surface area contributed by atoms with Gasteiger partial charge in [0.25, 0.3) is 0 Å². The minimum Gasteiger partial charge on any atom is -0.497 e. The zero-order valence-corrected chi connectivity index (χ0v) is 15.8. The van der Waals surface area contributed by atoms with E-state index in [0.29, 0.717) is 17.1 Å². The van der Waals surface area contributed by atoms with E-state index in [4.69, 9.17) is 9.47 Å². The Morgan fingerprint density at radius 1 is 1.12 bits per heavy atom. The maximum atomic E-state index is 13.4. The number of sulfonamides is 1. The summed E-state index contributed by atoms with van der Waals surface area (Å²) in [5, 5.41) is 0. The van der Waals surface area contributed by atoms with E-state index in [2.05, 4.69) is 0 Å². The molecule has 0 bridgehead atoms. The van der Waals surface area contributed by atoms with Crippen molar-refractivity contribution in [2.75, 3.05) is 14.2 Å². The van der Waals surface area contributed by atoms with Crippen LogP contribution < -0.4 is 9.47 Å². The van der Waals surface area contributed by atoms with Gasteiger partial charge >= 0.3 is 0 Å². The van der Waals surface area contributed by atoms with Crippen LogP contribution in [0.4, 0.5) is 4.39 Å². The summed E-state index contributed by atoms with van der Waals surface area (Å²) in [5.74, 6) is 0.781. The highest BCUT2D eigenvalue weighted by molar-refractivity contribution is 7.89. The molecule has 0 N–H and O–H groups in total. The molecule has 0 aliphatic heterocycles. The van der Waals surface area contributed by atoms with Gasteiger partial charge in [0.1, 0.15) is 17.3 Å². The molecule has 1 aliphatic rings. The summed E-state index contributed by atoms with van der Waals surface area (Å²) >= 11 is 0. The molecule has 2 aromatic rings. The lowest BCUT2D eigenvalue weighted by atomic mass is 10.2. The van der Waals surface area contributed by atoms with E-state index in [9.17, 15) is 12.8 Å². The van der Waals surface area contributed by atoms with Gasteiger partial charge in [-0.3, -0.25) is 0 Å². The van der Waals surface area contributed by atoms with Crippen molar-refractivity contribution < 1.29 is 22.3 Å². The normalized spacial score (nSPS) is 14.5. The zero-order chi connectivity index (χ0) is 18.9. The molecule has 5 nitrogen and oxygen atoms in total. The predicted octanol–water partition coefficient (Wildman–Crippen LogP) is 3.50. The molecule has 2 aromatic carbocycles. The van der Waals surface area contributed by atoms with Crippen LogP contribution >= 0.6 is 0 Å². The molecule has 1 fully saturated rings. The smallest absolute Gasteiger partial charge is 0.243 e. The van der Waals surface area contributed by atoms with Crippen LogP contribution in [0.2, 0.25) is 0 Å². The maximum absolute atomic E-state index is 13.4. The predicted molar refractivity (Wildman–Crippen MR) is 96.4 cm³/mol. The topological polar surface area (TPSA) is 55.8 Å². The lowest BCUT2D eigenvalue weighted by Crippen LogP contribution is -2.33. The van der Waals surface area contributed by atoms with Crippen LogP contribution in [0.25, 0.3) is 0 Å². The fourth-order valence-electron chi connectivity index (χ4n) is 2.97. The van der Waals surface area contributed by atoms with Crippen LogP contribution in [0.3, 0.4) is 0 Å². The first-order chi connectivity index (χ1) is 12.4. The first kappa shape index (κ1) is 18.7. The SMILES string of the molecule is COc1ccc(OC)c(CN(C2CC2)S(=O)(=O)c2ccc(F)cc2C)c1. The Bertz CT molecular complexity index is 910. The fraction of sp³-hybridized carbons (Fsp3) is 0.368. The van der Waals surface area contributed by atoms with Crippen molar-refractivity contribution >= 4 is 10.0 Å². The lowest BCUT2D eigenvalue weighted by Gasteiger charge is -2.24. The molecular formula is C19H22FNO4S. The third-order valence-corrected chi connectivity index (χ3v) is 6.55. The second kappa shape index (κ2) is 7.25. The number of hydrogen-bond acceptors (Lipinski definition) is 4. The van der Waals surface area contributed by atoms with E-state index < -0.39 is 15.8 Å². The van der Waals surface area contributed by atoms with Gasteiger partial charge in [0.15, 0.2) is 0 Å². The molecule has 0 aromatic heterocycles. The number of nitrogens with zero attached hydrogens (tertiary/aromatic N) is 1. The summed E-state index contributed by atoms with van der Waals surface area (Å²) in [6, 6.07) is 9.00. The number of ether oxygens (including phenoxy) is 2. The Hall–Kier alpha value is -2.12. The number of methoxy groups -OCH3 is 2. The number of rotatable bonds is 7. The molecule has 0 unspecified atom stereocenters. The van der Waals surface area contributed by atoms with Crippen LogP contribution in [0.5, 0.6) is 11.5 Å². The molecule has 0 heterocycles. The summed E-state index contributed by atoms with van der Waals surface area (Å²) in [7, 11) is -0.652. The highest BCUT2D eigenvalue weighted by atomic mass is 32.2. The zero-order valence-electron chi connectivity index (χ0n) is 15.0. The summed E-state index contributed by atoms with van der Waals surface area (Å²) in [4.78, 5) is 0.132. The van der Waals surface area contributed by atoms with Gasteiger partial charge in [-0.15, -0.1) is 0 Å². The highest BCUT2D eigenvalue weighted by Gasteiger charge is 2.39. The third kappa shape index (κ3) is 3.68. The van der Waals surface area contributed by atoms with Crippen molar-refractivity contribution in [3.05, 3.63) is 53.3 Å². The molecule has 0 amide bonds. The molecule has 0 saturated heterocycles. The van der Waals surface area contributed by atoms with E-state index in [1.54, 1.807) is 39.3 Å². The van der Waals surface area contributed by atoms with Gasteiger partial charge in [-0.25, -0.2) is 12.8 Å². The van der Waals surface area contributed by atoms with Crippen molar-refractivity contribution in [2.45, 2.75) is 37.2 Å². The molecule has 1 saturated carbocycles. The van der Waals surface area contributed by atoms with Gasteiger partial charge in [0, 0.05) is 18.2 Å². The Balaban J connectivity index is 2.00. The summed E-state index contributed by atoms with van der Waals surface area (Å²) in [5.41, 5.74) is 1.12. The van der Waals surface area contributed by atoms with E-state index in [0.717, 1.165) is 18.4 Å². The first-order valence-corrected chi connectivity index (χ1v) is 9.79. The maximum Gasteiger partial charge on any atom is 0.243 e. The molecule has 7 heteroatoms. The van der Waals surface area contributed by atoms with Crippen molar-refractivity contribution in [3.63, 3.8) is 0 Å². The number of halogens is 1. The van der Waals surface area contributed by atoms with Crippen molar-refractivity contribution in [2.24, 2.45) is 0 Å². The first-order valence-electron chi connectivity index (χ1n) is 8.35. The number of aryl methyl sites for hydroxylation is 1. The van der Waals surface area contributed by atoms with Gasteiger partial charge in [0.05, 0.1) is 19.1 Å². The van der Waals surface area contributed by atoms with Crippen LogP contribution in [-0.4, -0.2) is 33.0 Å². The molecule has 140 valence electrons. The average molecular weight is 379 g/mol. The van der Waals surface area contributed by atoms with Gasteiger partial charge < -0.3 is 9.47 Å². The van der Waals surface area contributed by atoms with Gasteiger partial charge in [-0.1, -0.05) is 0 Å². The molecule has 1 aliphatic carbocycles. The van der Waals surface area contributed by atoms with Crippen LogP contribution in [0, 0.1) is 12.7 Å². The fourth-order valence-corrected chi connectivity index (χ4v) is 4.85. The minimum atomic E-state index is -3.76. The molecule has 0 atom stereocenters. The van der Waals surface area contributed by atoms with E-state index in [1.165, 1.54) is 22.5 Å². The largest absolute Gasteiger partial charge is 0.497 e. The van der Waals surface area contributed by atoms with Crippen molar-refractivity contribution in [1.29, 1.82) is 0 Å². The molecule has 0 radical (unpaired) electrons. The molecule has 26 heavy (non-hydrogen) atoms. The van der Waals surface area contributed by atoms with Gasteiger partial charge in [-0.2, -0.15) is 4.31 Å². The standard InChI is InChI=1S/C19H22FNO4S/c1-13-10-15(20)4-9-19(13)26(22,23)21(16-5-6-16)12-14-11-17(24-2)7-8-18(14)25-3/h4,7-11,16H,5-6,12H2,1-3H3. The third-order valence-electron chi connectivity index (χ3n) is 4.49. The quantitative estimate of drug-likeness (QED) is 0.739. The van der Waals surface area contributed by atoms with Crippen LogP contribution in [0.15, 0.2) is 41.3 Å². The van der Waals surface area contributed by atoms with Crippen molar-refractivity contribution in [1.82, 2.24) is 4.31 Å². The lowest BCUT2D eigenvalue weighted by molar-refractivity contribution is 0.369. The average Bonchev–Trinajstić information content (AvgIpc) is 3.43. The second-order valence-corrected chi connectivity index (χ2v) is 8.23. The van der Waals surface area contributed by atoms with E-state index in [-0.39, 0.29) is 17.5 Å². The van der Waals surface area contributed by atoms with Crippen molar-refractivity contribution in [3.8, 4) is 11.5 Å². The Kier molecular flexibility index (Phi) is 5.20. The highest BCUT2D eigenvalue weighted by Crippen LogP contribution is 2.36. The summed E-state index contributed by atoms with van der Waals surface area (Å²) in [6.07, 6.45) is 1.62. The van der Waals surface area contributed by atoms with E-state index >= 15 is 0 Å². The van der Waals surface area contributed by atoms with Gasteiger partial charge in [0.2, 0.25) is 10.0 Å². The summed E-state index contributed by atoms with van der Waals surface area (Å²) < 4.78 is 52.0. The molecule has 0 spiro atoms. The molecular weight excluding hydrogens is 357 g/mol. The Morgan fingerprint density at radius 2 is 1.85 bits per heavy atom. The van der Waals surface area contributed by atoms with Gasteiger partial charge in [-0.05, 0) is 61.7 Å².